The van der Waals surface area contributed by atoms with Crippen LogP contribution in [0.3, 0.4) is 0 Å². The lowest BCUT2D eigenvalue weighted by atomic mass is 9.98. The first-order valence-corrected chi connectivity index (χ1v) is 7.33. The Balaban J connectivity index is 2.52. The quantitative estimate of drug-likeness (QED) is 0.787. The second-order valence-electron chi connectivity index (χ2n) is 5.49. The summed E-state index contributed by atoms with van der Waals surface area (Å²) >= 11 is 5.65. The number of nitrogens with one attached hydrogen (secondary N) is 1. The van der Waals surface area contributed by atoms with E-state index in [0.717, 1.165) is 25.6 Å². The molecule has 1 rings (SSSR count). The first-order valence-electron chi connectivity index (χ1n) is 6.90. The molecule has 1 N–H and O–H groups in total. The SMILES string of the molecule is CCCC1CN(C/C=C/Cl)C(CC(C)C)CN1. The summed E-state index contributed by atoms with van der Waals surface area (Å²) in [5.74, 6) is 0.756. The maximum absolute atomic E-state index is 5.65. The van der Waals surface area contributed by atoms with Crippen molar-refractivity contribution in [2.75, 3.05) is 19.6 Å². The Morgan fingerprint density at radius 3 is 2.82 bits per heavy atom. The van der Waals surface area contributed by atoms with Gasteiger partial charge in [0, 0.05) is 37.3 Å². The van der Waals surface area contributed by atoms with Gasteiger partial charge in [-0.05, 0) is 18.8 Å². The second-order valence-corrected chi connectivity index (χ2v) is 5.74. The van der Waals surface area contributed by atoms with E-state index in [0.29, 0.717) is 12.1 Å². The van der Waals surface area contributed by atoms with Crippen LogP contribution in [0.1, 0.15) is 40.0 Å². The van der Waals surface area contributed by atoms with Crippen molar-refractivity contribution in [2.24, 2.45) is 5.92 Å². The monoisotopic (exact) mass is 258 g/mol. The zero-order valence-electron chi connectivity index (χ0n) is 11.5. The van der Waals surface area contributed by atoms with Gasteiger partial charge in [-0.25, -0.2) is 0 Å². The summed E-state index contributed by atoms with van der Waals surface area (Å²) < 4.78 is 0. The van der Waals surface area contributed by atoms with Gasteiger partial charge in [0.1, 0.15) is 0 Å². The van der Waals surface area contributed by atoms with Crippen molar-refractivity contribution in [3.8, 4) is 0 Å². The van der Waals surface area contributed by atoms with Crippen LogP contribution in [0.25, 0.3) is 0 Å². The minimum Gasteiger partial charge on any atom is -0.311 e. The van der Waals surface area contributed by atoms with Gasteiger partial charge in [-0.1, -0.05) is 44.9 Å². The first-order chi connectivity index (χ1) is 8.17. The van der Waals surface area contributed by atoms with E-state index in [2.05, 4.69) is 37.1 Å². The van der Waals surface area contributed by atoms with Gasteiger partial charge in [-0.15, -0.1) is 0 Å². The van der Waals surface area contributed by atoms with Crippen LogP contribution in [0, 0.1) is 5.92 Å². The van der Waals surface area contributed by atoms with E-state index in [1.807, 2.05) is 0 Å². The number of piperazine rings is 1. The van der Waals surface area contributed by atoms with Crippen LogP contribution < -0.4 is 5.32 Å². The lowest BCUT2D eigenvalue weighted by molar-refractivity contribution is 0.124. The number of halogens is 1. The highest BCUT2D eigenvalue weighted by molar-refractivity contribution is 6.25. The molecule has 1 heterocycles. The molecule has 17 heavy (non-hydrogen) atoms. The van der Waals surface area contributed by atoms with Gasteiger partial charge in [0.15, 0.2) is 0 Å². The molecule has 0 saturated carbocycles. The fraction of sp³-hybridized carbons (Fsp3) is 0.857. The van der Waals surface area contributed by atoms with Gasteiger partial charge in [-0.3, -0.25) is 4.90 Å². The van der Waals surface area contributed by atoms with E-state index in [-0.39, 0.29) is 0 Å². The second kappa shape index (κ2) is 8.12. The van der Waals surface area contributed by atoms with Crippen LogP contribution in [0.4, 0.5) is 0 Å². The molecule has 100 valence electrons. The molecule has 0 aromatic heterocycles. The highest BCUT2D eigenvalue weighted by Gasteiger charge is 2.26. The number of nitrogens with zero attached hydrogens (tertiary/aromatic N) is 1. The molecular weight excluding hydrogens is 232 g/mol. The lowest BCUT2D eigenvalue weighted by Gasteiger charge is -2.40. The van der Waals surface area contributed by atoms with Gasteiger partial charge in [0.25, 0.3) is 0 Å². The molecule has 0 amide bonds. The molecule has 3 heteroatoms. The summed E-state index contributed by atoms with van der Waals surface area (Å²) in [5.41, 5.74) is 1.64. The molecule has 1 saturated heterocycles. The Morgan fingerprint density at radius 2 is 2.24 bits per heavy atom. The zero-order valence-corrected chi connectivity index (χ0v) is 12.2. The fourth-order valence-corrected chi connectivity index (χ4v) is 2.73. The molecule has 2 nitrogen and oxygen atoms in total. The van der Waals surface area contributed by atoms with Crippen LogP contribution in [-0.2, 0) is 0 Å². The Hall–Kier alpha value is -0.0500. The van der Waals surface area contributed by atoms with E-state index >= 15 is 0 Å². The predicted octanol–water partition coefficient (Wildman–Crippen LogP) is 3.23. The van der Waals surface area contributed by atoms with Gasteiger partial charge >= 0.3 is 0 Å². The largest absolute Gasteiger partial charge is 0.311 e. The lowest BCUT2D eigenvalue weighted by Crippen LogP contribution is -2.56. The average Bonchev–Trinajstić information content (AvgIpc) is 2.29. The van der Waals surface area contributed by atoms with Gasteiger partial charge in [0.2, 0.25) is 0 Å². The first kappa shape index (κ1) is 15.0. The highest BCUT2D eigenvalue weighted by atomic mass is 35.5. The predicted molar refractivity (Wildman–Crippen MR) is 76.5 cm³/mol. The molecule has 0 aliphatic carbocycles. The zero-order chi connectivity index (χ0) is 12.7. The molecule has 0 bridgehead atoms. The molecule has 0 spiro atoms. The molecule has 0 aromatic carbocycles. The van der Waals surface area contributed by atoms with Gasteiger partial charge < -0.3 is 5.32 Å². The third kappa shape index (κ3) is 5.41. The number of rotatable bonds is 6. The number of hydrogen-bond acceptors (Lipinski definition) is 2. The Labute approximate surface area is 111 Å². The summed E-state index contributed by atoms with van der Waals surface area (Å²) in [6.45, 7) is 10.1. The van der Waals surface area contributed by atoms with Crippen molar-refractivity contribution in [3.05, 3.63) is 11.6 Å². The summed E-state index contributed by atoms with van der Waals surface area (Å²) in [6.07, 6.45) is 5.85. The third-order valence-electron chi connectivity index (χ3n) is 3.42. The van der Waals surface area contributed by atoms with Crippen molar-refractivity contribution in [1.82, 2.24) is 10.2 Å². The molecule has 1 aliphatic heterocycles. The van der Waals surface area contributed by atoms with Crippen LogP contribution in [0.5, 0.6) is 0 Å². The smallest absolute Gasteiger partial charge is 0.0227 e. The van der Waals surface area contributed by atoms with Crippen LogP contribution in [0.2, 0.25) is 0 Å². The van der Waals surface area contributed by atoms with Crippen molar-refractivity contribution >= 4 is 11.6 Å². The van der Waals surface area contributed by atoms with Crippen LogP contribution in [0.15, 0.2) is 11.6 Å². The van der Waals surface area contributed by atoms with E-state index in [4.69, 9.17) is 11.6 Å². The fourth-order valence-electron chi connectivity index (χ4n) is 2.65. The third-order valence-corrected chi connectivity index (χ3v) is 3.60. The molecule has 1 aliphatic rings. The normalized spacial score (nSPS) is 27.1. The van der Waals surface area contributed by atoms with Crippen molar-refractivity contribution in [3.63, 3.8) is 0 Å². The highest BCUT2D eigenvalue weighted by Crippen LogP contribution is 2.17. The van der Waals surface area contributed by atoms with Crippen molar-refractivity contribution in [2.45, 2.75) is 52.1 Å². The summed E-state index contributed by atoms with van der Waals surface area (Å²) in [6, 6.07) is 1.32. The molecule has 0 aromatic rings. The van der Waals surface area contributed by atoms with E-state index in [9.17, 15) is 0 Å². The topological polar surface area (TPSA) is 15.3 Å². The van der Waals surface area contributed by atoms with E-state index in [1.54, 1.807) is 5.54 Å². The number of hydrogen-bond donors (Lipinski definition) is 1. The summed E-state index contributed by atoms with van der Waals surface area (Å²) in [5, 5.41) is 3.68. The van der Waals surface area contributed by atoms with Gasteiger partial charge in [-0.2, -0.15) is 0 Å². The molecular formula is C14H27ClN2. The van der Waals surface area contributed by atoms with Gasteiger partial charge in [0.05, 0.1) is 0 Å². The van der Waals surface area contributed by atoms with E-state index in [1.165, 1.54) is 19.3 Å². The van der Waals surface area contributed by atoms with Crippen LogP contribution in [-0.4, -0.2) is 36.6 Å². The Morgan fingerprint density at radius 1 is 1.47 bits per heavy atom. The van der Waals surface area contributed by atoms with Crippen molar-refractivity contribution < 1.29 is 0 Å². The van der Waals surface area contributed by atoms with E-state index < -0.39 is 0 Å². The standard InChI is InChI=1S/C14H27ClN2/c1-4-6-13-11-17(8-5-7-15)14(10-16-13)9-12(2)3/h5,7,12-14,16H,4,6,8-11H2,1-3H3/b7-5+. The minimum absolute atomic E-state index is 0.659. The molecule has 1 fully saturated rings. The molecule has 0 radical (unpaired) electrons. The average molecular weight is 259 g/mol. The maximum Gasteiger partial charge on any atom is 0.0227 e. The Bertz CT molecular complexity index is 228. The summed E-state index contributed by atoms with van der Waals surface area (Å²) in [4.78, 5) is 2.58. The van der Waals surface area contributed by atoms with Crippen molar-refractivity contribution in [1.29, 1.82) is 0 Å². The van der Waals surface area contributed by atoms with Crippen LogP contribution >= 0.6 is 11.6 Å². The minimum atomic E-state index is 0.659. The molecule has 2 unspecified atom stereocenters. The molecule has 2 atom stereocenters. The summed E-state index contributed by atoms with van der Waals surface area (Å²) in [7, 11) is 0. The Kier molecular flexibility index (Phi) is 7.17. The maximum atomic E-state index is 5.65.